The summed E-state index contributed by atoms with van der Waals surface area (Å²) in [6.45, 7) is 0.642. The summed E-state index contributed by atoms with van der Waals surface area (Å²) in [5.41, 5.74) is 6.24. The van der Waals surface area contributed by atoms with Crippen LogP contribution in [0.25, 0.3) is 0 Å². The van der Waals surface area contributed by atoms with E-state index in [2.05, 4.69) is 0 Å². The van der Waals surface area contributed by atoms with Crippen LogP contribution < -0.4 is 15.2 Å². The summed E-state index contributed by atoms with van der Waals surface area (Å²) < 4.78 is 36.8. The fourth-order valence-electron chi connectivity index (χ4n) is 1.62. The summed E-state index contributed by atoms with van der Waals surface area (Å²) in [4.78, 5) is 0. The van der Waals surface area contributed by atoms with E-state index < -0.39 is 11.6 Å². The van der Waals surface area contributed by atoms with Crippen molar-refractivity contribution in [3.05, 3.63) is 54.1 Å². The van der Waals surface area contributed by atoms with Gasteiger partial charge < -0.3 is 15.2 Å². The third kappa shape index (κ3) is 4.12. The van der Waals surface area contributed by atoms with E-state index in [0.717, 1.165) is 18.2 Å². The first-order valence-electron chi connectivity index (χ1n) is 6.21. The lowest BCUT2D eigenvalue weighted by Crippen LogP contribution is -2.06. The summed E-state index contributed by atoms with van der Waals surface area (Å²) in [6, 6.07) is 10.2. The monoisotopic (exact) mass is 279 g/mol. The first kappa shape index (κ1) is 14.1. The van der Waals surface area contributed by atoms with Crippen LogP contribution in [0, 0.1) is 11.6 Å². The molecule has 2 rings (SSSR count). The van der Waals surface area contributed by atoms with E-state index in [1.165, 1.54) is 0 Å². The van der Waals surface area contributed by atoms with Crippen molar-refractivity contribution in [2.45, 2.75) is 6.42 Å². The second kappa shape index (κ2) is 6.75. The van der Waals surface area contributed by atoms with Gasteiger partial charge in [0.15, 0.2) is 11.6 Å². The summed E-state index contributed by atoms with van der Waals surface area (Å²) >= 11 is 0. The molecule has 0 amide bonds. The third-order valence-electron chi connectivity index (χ3n) is 2.57. The maximum absolute atomic E-state index is 13.3. The number of nitrogen functional groups attached to an aromatic ring is 1. The van der Waals surface area contributed by atoms with Gasteiger partial charge in [0.25, 0.3) is 0 Å². The molecule has 0 bridgehead atoms. The zero-order chi connectivity index (χ0) is 14.4. The van der Waals surface area contributed by atoms with Crippen LogP contribution in [0.15, 0.2) is 42.5 Å². The van der Waals surface area contributed by atoms with Crippen LogP contribution in [-0.2, 0) is 0 Å². The highest BCUT2D eigenvalue weighted by molar-refractivity contribution is 5.43. The molecule has 0 atom stereocenters. The molecule has 106 valence electrons. The van der Waals surface area contributed by atoms with E-state index in [0.29, 0.717) is 24.5 Å². The largest absolute Gasteiger partial charge is 0.493 e. The van der Waals surface area contributed by atoms with E-state index in [1.807, 2.05) is 0 Å². The standard InChI is InChI=1S/C15H15F2NO2/c16-11-5-6-14(17)15(9-11)20-8-2-7-19-13-4-1-3-12(18)10-13/h1,3-6,9-10H,2,7-8,18H2. The fraction of sp³-hybridized carbons (Fsp3) is 0.200. The maximum atomic E-state index is 13.3. The maximum Gasteiger partial charge on any atom is 0.165 e. The van der Waals surface area contributed by atoms with E-state index in [-0.39, 0.29) is 12.4 Å². The van der Waals surface area contributed by atoms with Crippen molar-refractivity contribution in [3.63, 3.8) is 0 Å². The van der Waals surface area contributed by atoms with Crippen molar-refractivity contribution in [1.82, 2.24) is 0 Å². The van der Waals surface area contributed by atoms with Crippen LogP contribution >= 0.6 is 0 Å². The van der Waals surface area contributed by atoms with E-state index >= 15 is 0 Å². The highest BCUT2D eigenvalue weighted by Gasteiger charge is 2.04. The Morgan fingerprint density at radius 2 is 1.75 bits per heavy atom. The summed E-state index contributed by atoms with van der Waals surface area (Å²) in [5, 5.41) is 0. The molecule has 20 heavy (non-hydrogen) atoms. The van der Waals surface area contributed by atoms with Gasteiger partial charge in [-0.2, -0.15) is 0 Å². The van der Waals surface area contributed by atoms with Gasteiger partial charge >= 0.3 is 0 Å². The van der Waals surface area contributed by atoms with Crippen molar-refractivity contribution in [3.8, 4) is 11.5 Å². The molecule has 0 saturated heterocycles. The molecule has 0 fully saturated rings. The Morgan fingerprint density at radius 1 is 0.950 bits per heavy atom. The first-order chi connectivity index (χ1) is 9.65. The molecule has 0 unspecified atom stereocenters. The van der Waals surface area contributed by atoms with Gasteiger partial charge in [0.1, 0.15) is 11.6 Å². The summed E-state index contributed by atoms with van der Waals surface area (Å²) in [7, 11) is 0. The minimum Gasteiger partial charge on any atom is -0.493 e. The predicted molar refractivity (Wildman–Crippen MR) is 72.8 cm³/mol. The molecule has 0 radical (unpaired) electrons. The molecule has 5 heteroatoms. The zero-order valence-corrected chi connectivity index (χ0v) is 10.8. The Hall–Kier alpha value is -2.30. The fourth-order valence-corrected chi connectivity index (χ4v) is 1.62. The Morgan fingerprint density at radius 3 is 2.55 bits per heavy atom. The number of halogens is 2. The highest BCUT2D eigenvalue weighted by atomic mass is 19.1. The second-order valence-corrected chi connectivity index (χ2v) is 4.20. The topological polar surface area (TPSA) is 44.5 Å². The van der Waals surface area contributed by atoms with Crippen LogP contribution in [0.1, 0.15) is 6.42 Å². The van der Waals surface area contributed by atoms with Gasteiger partial charge in [0, 0.05) is 24.2 Å². The molecule has 0 aromatic heterocycles. The number of benzene rings is 2. The van der Waals surface area contributed by atoms with Gasteiger partial charge in [0.2, 0.25) is 0 Å². The van der Waals surface area contributed by atoms with E-state index in [9.17, 15) is 8.78 Å². The first-order valence-corrected chi connectivity index (χ1v) is 6.21. The van der Waals surface area contributed by atoms with Crippen LogP contribution in [0.3, 0.4) is 0 Å². The molecular weight excluding hydrogens is 264 g/mol. The van der Waals surface area contributed by atoms with Crippen molar-refractivity contribution in [2.24, 2.45) is 0 Å². The zero-order valence-electron chi connectivity index (χ0n) is 10.8. The van der Waals surface area contributed by atoms with Gasteiger partial charge in [-0.3, -0.25) is 0 Å². The molecule has 2 N–H and O–H groups in total. The molecule has 3 nitrogen and oxygen atoms in total. The van der Waals surface area contributed by atoms with Gasteiger partial charge in [-0.05, 0) is 24.3 Å². The van der Waals surface area contributed by atoms with Crippen molar-refractivity contribution < 1.29 is 18.3 Å². The Labute approximate surface area is 115 Å². The number of rotatable bonds is 6. The second-order valence-electron chi connectivity index (χ2n) is 4.20. The Bertz CT molecular complexity index is 576. The van der Waals surface area contributed by atoms with Gasteiger partial charge in [0.05, 0.1) is 13.2 Å². The molecule has 0 aliphatic rings. The van der Waals surface area contributed by atoms with Gasteiger partial charge in [-0.15, -0.1) is 0 Å². The van der Waals surface area contributed by atoms with Crippen molar-refractivity contribution in [2.75, 3.05) is 18.9 Å². The van der Waals surface area contributed by atoms with Gasteiger partial charge in [-0.1, -0.05) is 6.07 Å². The minimum absolute atomic E-state index is 0.0889. The minimum atomic E-state index is -0.580. The molecule has 0 aliphatic carbocycles. The summed E-state index contributed by atoms with van der Waals surface area (Å²) in [6.07, 6.45) is 0.546. The SMILES string of the molecule is Nc1cccc(OCCCOc2cc(F)ccc2F)c1. The molecular formula is C15H15F2NO2. The number of hydrogen-bond donors (Lipinski definition) is 1. The van der Waals surface area contributed by atoms with Crippen LogP contribution in [-0.4, -0.2) is 13.2 Å². The molecule has 0 aliphatic heterocycles. The lowest BCUT2D eigenvalue weighted by Gasteiger charge is -2.09. The quantitative estimate of drug-likeness (QED) is 0.651. The number of anilines is 1. The highest BCUT2D eigenvalue weighted by Crippen LogP contribution is 2.18. The van der Waals surface area contributed by atoms with Crippen LogP contribution in [0.4, 0.5) is 14.5 Å². The third-order valence-corrected chi connectivity index (χ3v) is 2.57. The molecule has 0 spiro atoms. The van der Waals surface area contributed by atoms with Crippen LogP contribution in [0.2, 0.25) is 0 Å². The van der Waals surface area contributed by atoms with Crippen LogP contribution in [0.5, 0.6) is 11.5 Å². The molecule has 0 saturated carbocycles. The average molecular weight is 279 g/mol. The number of nitrogens with two attached hydrogens (primary N) is 1. The lowest BCUT2D eigenvalue weighted by atomic mass is 10.3. The van der Waals surface area contributed by atoms with E-state index in [4.69, 9.17) is 15.2 Å². The summed E-state index contributed by atoms with van der Waals surface area (Å²) in [5.74, 6) is -0.531. The van der Waals surface area contributed by atoms with E-state index in [1.54, 1.807) is 24.3 Å². The number of ether oxygens (including phenoxy) is 2. The molecule has 2 aromatic rings. The average Bonchev–Trinajstić information content (AvgIpc) is 2.42. The van der Waals surface area contributed by atoms with Gasteiger partial charge in [-0.25, -0.2) is 8.78 Å². The van der Waals surface area contributed by atoms with Crippen molar-refractivity contribution in [1.29, 1.82) is 0 Å². The predicted octanol–water partition coefficient (Wildman–Crippen LogP) is 3.39. The Balaban J connectivity index is 1.73. The van der Waals surface area contributed by atoms with Crippen molar-refractivity contribution >= 4 is 5.69 Å². The molecule has 0 heterocycles. The smallest absolute Gasteiger partial charge is 0.165 e. The molecule has 2 aromatic carbocycles. The normalized spacial score (nSPS) is 10.3. The number of hydrogen-bond acceptors (Lipinski definition) is 3. The lowest BCUT2D eigenvalue weighted by molar-refractivity contribution is 0.240. The Kier molecular flexibility index (Phi) is 4.76.